The average Bonchev–Trinajstić information content (AvgIpc) is 3.03. The molecular formula is C14H14INO3. The highest BCUT2D eigenvalue weighted by Crippen LogP contribution is 2.34. The van der Waals surface area contributed by atoms with E-state index in [-0.39, 0.29) is 6.04 Å². The summed E-state index contributed by atoms with van der Waals surface area (Å²) in [4.78, 5) is 0. The Kier molecular flexibility index (Phi) is 3.65. The van der Waals surface area contributed by atoms with Gasteiger partial charge in [-0.15, -0.1) is 0 Å². The van der Waals surface area contributed by atoms with Crippen LogP contribution < -0.4 is 14.8 Å². The zero-order valence-electron chi connectivity index (χ0n) is 10.5. The Morgan fingerprint density at radius 1 is 1.21 bits per heavy atom. The first kappa shape index (κ1) is 12.8. The standard InChI is InChI=1S/C14H14INO3/c1-9(16-7-11-3-5-14(15)19-11)10-2-4-12-13(6-10)18-8-17-12/h2-6,9,16H,7-8H2,1H3. The van der Waals surface area contributed by atoms with E-state index in [4.69, 9.17) is 13.9 Å². The van der Waals surface area contributed by atoms with Crippen LogP contribution in [-0.2, 0) is 6.54 Å². The second kappa shape index (κ2) is 5.42. The van der Waals surface area contributed by atoms with Crippen molar-refractivity contribution in [3.63, 3.8) is 0 Å². The Hall–Kier alpha value is -1.21. The smallest absolute Gasteiger partial charge is 0.231 e. The molecular weight excluding hydrogens is 357 g/mol. The molecule has 19 heavy (non-hydrogen) atoms. The highest BCUT2D eigenvalue weighted by Gasteiger charge is 2.15. The summed E-state index contributed by atoms with van der Waals surface area (Å²) < 4.78 is 17.1. The third-order valence-electron chi connectivity index (χ3n) is 3.11. The number of ether oxygens (including phenoxy) is 2. The molecule has 1 atom stereocenters. The lowest BCUT2D eigenvalue weighted by Crippen LogP contribution is -2.17. The van der Waals surface area contributed by atoms with Crippen molar-refractivity contribution >= 4 is 22.6 Å². The summed E-state index contributed by atoms with van der Waals surface area (Å²) in [7, 11) is 0. The molecule has 1 aromatic heterocycles. The van der Waals surface area contributed by atoms with Gasteiger partial charge in [0, 0.05) is 6.04 Å². The molecule has 1 aliphatic rings. The molecule has 100 valence electrons. The summed E-state index contributed by atoms with van der Waals surface area (Å²) in [5.41, 5.74) is 1.17. The number of nitrogens with one attached hydrogen (secondary N) is 1. The largest absolute Gasteiger partial charge is 0.454 e. The van der Waals surface area contributed by atoms with E-state index in [2.05, 4.69) is 40.9 Å². The van der Waals surface area contributed by atoms with Crippen molar-refractivity contribution in [1.82, 2.24) is 5.32 Å². The van der Waals surface area contributed by atoms with Crippen LogP contribution in [0.1, 0.15) is 24.3 Å². The van der Waals surface area contributed by atoms with Crippen LogP contribution in [0.5, 0.6) is 11.5 Å². The maximum atomic E-state index is 5.52. The predicted molar refractivity (Wildman–Crippen MR) is 79.2 cm³/mol. The number of rotatable bonds is 4. The average molecular weight is 371 g/mol. The lowest BCUT2D eigenvalue weighted by Gasteiger charge is -2.13. The second-order valence-corrected chi connectivity index (χ2v) is 5.48. The van der Waals surface area contributed by atoms with Gasteiger partial charge in [0.05, 0.1) is 6.54 Å². The quantitative estimate of drug-likeness (QED) is 0.837. The van der Waals surface area contributed by atoms with Crippen molar-refractivity contribution in [1.29, 1.82) is 0 Å². The summed E-state index contributed by atoms with van der Waals surface area (Å²) in [6, 6.07) is 10.2. The van der Waals surface area contributed by atoms with E-state index < -0.39 is 0 Å². The number of hydrogen-bond donors (Lipinski definition) is 1. The van der Waals surface area contributed by atoms with Gasteiger partial charge in [-0.05, 0) is 59.3 Å². The summed E-state index contributed by atoms with van der Waals surface area (Å²) in [5.74, 6) is 2.58. The van der Waals surface area contributed by atoms with Crippen LogP contribution in [0.3, 0.4) is 0 Å². The molecule has 1 N–H and O–H groups in total. The molecule has 1 aliphatic heterocycles. The maximum absolute atomic E-state index is 5.52. The Labute approximate surface area is 125 Å². The van der Waals surface area contributed by atoms with Crippen LogP contribution in [0.2, 0.25) is 0 Å². The van der Waals surface area contributed by atoms with Gasteiger partial charge in [0.15, 0.2) is 15.3 Å². The summed E-state index contributed by atoms with van der Waals surface area (Å²) >= 11 is 2.16. The first-order chi connectivity index (χ1) is 9.22. The molecule has 2 aromatic rings. The van der Waals surface area contributed by atoms with Gasteiger partial charge in [-0.2, -0.15) is 0 Å². The molecule has 3 rings (SSSR count). The minimum absolute atomic E-state index is 0.220. The molecule has 1 aromatic carbocycles. The van der Waals surface area contributed by atoms with Crippen LogP contribution >= 0.6 is 22.6 Å². The van der Waals surface area contributed by atoms with Crippen molar-refractivity contribution < 1.29 is 13.9 Å². The van der Waals surface area contributed by atoms with Crippen LogP contribution in [0.4, 0.5) is 0 Å². The lowest BCUT2D eigenvalue weighted by molar-refractivity contribution is 0.174. The molecule has 0 aliphatic carbocycles. The van der Waals surface area contributed by atoms with Crippen molar-refractivity contribution in [3.8, 4) is 11.5 Å². The molecule has 4 nitrogen and oxygen atoms in total. The van der Waals surface area contributed by atoms with Crippen molar-refractivity contribution in [2.24, 2.45) is 0 Å². The maximum Gasteiger partial charge on any atom is 0.231 e. The van der Waals surface area contributed by atoms with Crippen molar-refractivity contribution in [2.45, 2.75) is 19.5 Å². The topological polar surface area (TPSA) is 43.6 Å². The fourth-order valence-corrected chi connectivity index (χ4v) is 2.46. The van der Waals surface area contributed by atoms with E-state index in [9.17, 15) is 0 Å². The van der Waals surface area contributed by atoms with E-state index in [1.54, 1.807) is 0 Å². The first-order valence-electron chi connectivity index (χ1n) is 6.09. The minimum atomic E-state index is 0.220. The number of hydrogen-bond acceptors (Lipinski definition) is 4. The molecule has 0 spiro atoms. The second-order valence-electron chi connectivity index (χ2n) is 4.42. The van der Waals surface area contributed by atoms with Crippen molar-refractivity contribution in [2.75, 3.05) is 6.79 Å². The molecule has 0 fully saturated rings. The number of halogens is 1. The fourth-order valence-electron chi connectivity index (χ4n) is 2.00. The van der Waals surface area contributed by atoms with Gasteiger partial charge < -0.3 is 19.2 Å². The van der Waals surface area contributed by atoms with Gasteiger partial charge in [-0.1, -0.05) is 6.07 Å². The molecule has 0 bridgehead atoms. The zero-order valence-corrected chi connectivity index (χ0v) is 12.6. The normalized spacial score (nSPS) is 14.6. The highest BCUT2D eigenvalue weighted by molar-refractivity contribution is 14.1. The van der Waals surface area contributed by atoms with E-state index in [0.717, 1.165) is 21.0 Å². The molecule has 0 saturated heterocycles. The summed E-state index contributed by atoms with van der Waals surface area (Å²) in [6.07, 6.45) is 0. The SMILES string of the molecule is CC(NCc1ccc(I)o1)c1ccc2c(c1)OCO2. The lowest BCUT2D eigenvalue weighted by atomic mass is 10.1. The summed E-state index contributed by atoms with van der Waals surface area (Å²) in [6.45, 7) is 3.13. The van der Waals surface area contributed by atoms with Gasteiger partial charge >= 0.3 is 0 Å². The number of furan rings is 1. The number of fused-ring (bicyclic) bond motifs is 1. The minimum Gasteiger partial charge on any atom is -0.454 e. The fraction of sp³-hybridized carbons (Fsp3) is 0.286. The van der Waals surface area contributed by atoms with E-state index >= 15 is 0 Å². The monoisotopic (exact) mass is 371 g/mol. The molecule has 2 heterocycles. The Morgan fingerprint density at radius 2 is 2.05 bits per heavy atom. The summed E-state index contributed by atoms with van der Waals surface area (Å²) in [5, 5.41) is 3.43. The van der Waals surface area contributed by atoms with Crippen LogP contribution in [0, 0.1) is 3.77 Å². The van der Waals surface area contributed by atoms with Gasteiger partial charge in [-0.3, -0.25) is 0 Å². The molecule has 0 saturated carbocycles. The van der Waals surface area contributed by atoms with Crippen molar-refractivity contribution in [3.05, 3.63) is 45.4 Å². The third kappa shape index (κ3) is 2.87. The van der Waals surface area contributed by atoms with Gasteiger partial charge in [0.25, 0.3) is 0 Å². The zero-order chi connectivity index (χ0) is 13.2. The molecule has 5 heteroatoms. The van der Waals surface area contributed by atoms with Crippen LogP contribution in [0.25, 0.3) is 0 Å². The third-order valence-corrected chi connectivity index (χ3v) is 3.69. The first-order valence-corrected chi connectivity index (χ1v) is 7.17. The van der Waals surface area contributed by atoms with Crippen LogP contribution in [-0.4, -0.2) is 6.79 Å². The Bertz CT molecular complexity index is 582. The highest BCUT2D eigenvalue weighted by atomic mass is 127. The van der Waals surface area contributed by atoms with E-state index in [0.29, 0.717) is 13.3 Å². The predicted octanol–water partition coefficient (Wildman–Crippen LogP) is 3.46. The van der Waals surface area contributed by atoms with Crippen LogP contribution in [0.15, 0.2) is 34.7 Å². The van der Waals surface area contributed by atoms with Gasteiger partial charge in [0.1, 0.15) is 5.76 Å². The molecule has 1 unspecified atom stereocenters. The molecule has 0 radical (unpaired) electrons. The van der Waals surface area contributed by atoms with Gasteiger partial charge in [-0.25, -0.2) is 0 Å². The van der Waals surface area contributed by atoms with Gasteiger partial charge in [0.2, 0.25) is 6.79 Å². The van der Waals surface area contributed by atoms with E-state index in [1.165, 1.54) is 5.56 Å². The number of benzene rings is 1. The molecule has 0 amide bonds. The van der Waals surface area contributed by atoms with E-state index in [1.807, 2.05) is 24.3 Å². The Balaban J connectivity index is 1.65. The Morgan fingerprint density at radius 3 is 2.84 bits per heavy atom.